The van der Waals surface area contributed by atoms with Crippen molar-refractivity contribution in [1.82, 2.24) is 14.9 Å². The maximum absolute atomic E-state index is 13.5. The first-order valence-electron chi connectivity index (χ1n) is 7.05. The minimum absolute atomic E-state index is 0.00376. The second-order valence-corrected chi connectivity index (χ2v) is 8.13. The zero-order valence-electron chi connectivity index (χ0n) is 11.6. The Balaban J connectivity index is 1.58. The smallest absolute Gasteiger partial charge is 0.317 e. The molecule has 1 spiro atoms. The van der Waals surface area contributed by atoms with Crippen LogP contribution in [0.25, 0.3) is 0 Å². The molecule has 1 heterocycles. The lowest BCUT2D eigenvalue weighted by Gasteiger charge is -2.18. The summed E-state index contributed by atoms with van der Waals surface area (Å²) in [6.07, 6.45) is 2.55. The second kappa shape index (κ2) is 4.77. The number of likely N-dealkylation sites (tertiary alicyclic amines) is 1. The van der Waals surface area contributed by atoms with Crippen LogP contribution in [0, 0.1) is 5.41 Å². The highest BCUT2D eigenvalue weighted by Crippen LogP contribution is 2.53. The van der Waals surface area contributed by atoms with Gasteiger partial charge in [0.25, 0.3) is 0 Å². The molecule has 0 bridgehead atoms. The Morgan fingerprint density at radius 3 is 2.48 bits per heavy atom. The average molecular weight is 323 g/mol. The molecule has 3 rings (SSSR count). The van der Waals surface area contributed by atoms with E-state index in [1.54, 1.807) is 0 Å². The number of hydrogen-bond donors (Lipinski definition) is 2. The van der Waals surface area contributed by atoms with Crippen LogP contribution < -0.4 is 10.0 Å². The van der Waals surface area contributed by atoms with Crippen molar-refractivity contribution in [3.05, 3.63) is 0 Å². The van der Waals surface area contributed by atoms with E-state index in [2.05, 4.69) is 10.0 Å². The molecule has 9 heteroatoms. The Hall–Kier alpha value is -0.960. The third kappa shape index (κ3) is 3.13. The topological polar surface area (TPSA) is 78.5 Å². The van der Waals surface area contributed by atoms with Crippen molar-refractivity contribution in [2.75, 3.05) is 25.6 Å². The van der Waals surface area contributed by atoms with Gasteiger partial charge in [-0.1, -0.05) is 0 Å². The van der Waals surface area contributed by atoms with Crippen LogP contribution in [-0.2, 0) is 10.0 Å². The zero-order chi connectivity index (χ0) is 15.3. The molecule has 3 fully saturated rings. The molecule has 2 amide bonds. The highest BCUT2D eigenvalue weighted by molar-refractivity contribution is 7.89. The van der Waals surface area contributed by atoms with Gasteiger partial charge in [0.2, 0.25) is 16.0 Å². The lowest BCUT2D eigenvalue weighted by atomic mass is 10.0. The Morgan fingerprint density at radius 2 is 1.95 bits per heavy atom. The maximum atomic E-state index is 13.5. The summed E-state index contributed by atoms with van der Waals surface area (Å²) >= 11 is 0. The van der Waals surface area contributed by atoms with Crippen molar-refractivity contribution in [1.29, 1.82) is 0 Å². The molecule has 0 radical (unpaired) electrons. The first kappa shape index (κ1) is 15.0. The summed E-state index contributed by atoms with van der Waals surface area (Å²) in [7, 11) is -3.94. The number of urea groups is 1. The van der Waals surface area contributed by atoms with Crippen LogP contribution in [-0.4, -0.2) is 56.7 Å². The predicted molar refractivity (Wildman–Crippen MR) is 71.5 cm³/mol. The highest BCUT2D eigenvalue weighted by Gasteiger charge is 2.57. The van der Waals surface area contributed by atoms with E-state index in [0.29, 0.717) is 19.4 Å². The number of amides is 2. The minimum Gasteiger partial charge on any atom is -0.335 e. The third-order valence-corrected chi connectivity index (χ3v) is 5.57. The van der Waals surface area contributed by atoms with Gasteiger partial charge < -0.3 is 10.2 Å². The fourth-order valence-corrected chi connectivity index (χ4v) is 3.68. The quantitative estimate of drug-likeness (QED) is 0.774. The van der Waals surface area contributed by atoms with Crippen LogP contribution >= 0.6 is 0 Å². The third-order valence-electron chi connectivity index (χ3n) is 4.64. The molecule has 1 aliphatic heterocycles. The first-order valence-corrected chi connectivity index (χ1v) is 8.71. The number of halogens is 2. The fourth-order valence-electron chi connectivity index (χ4n) is 2.86. The number of alkyl halides is 2. The van der Waals surface area contributed by atoms with Crippen molar-refractivity contribution in [3.8, 4) is 0 Å². The lowest BCUT2D eigenvalue weighted by Crippen LogP contribution is -2.44. The van der Waals surface area contributed by atoms with Gasteiger partial charge in [0.05, 0.1) is 6.54 Å². The van der Waals surface area contributed by atoms with Gasteiger partial charge in [-0.3, -0.25) is 0 Å². The molecular formula is C12H19F2N3O3S. The Kier molecular flexibility index (Phi) is 3.40. The number of nitrogens with one attached hydrogen (secondary N) is 2. The standard InChI is InChI=1S/C12H19F2N3O3S/c13-8-21(19,20)16-9-5-17(7-11(9)1-2-11)10(18)15-6-12(14)3-4-12/h9,16H,1-8H2,(H,15,18). The van der Waals surface area contributed by atoms with E-state index in [-0.39, 0.29) is 24.5 Å². The van der Waals surface area contributed by atoms with Gasteiger partial charge in [-0.2, -0.15) is 0 Å². The van der Waals surface area contributed by atoms with E-state index < -0.39 is 27.7 Å². The van der Waals surface area contributed by atoms with Crippen molar-refractivity contribution in [3.63, 3.8) is 0 Å². The number of carbonyl (C=O) groups excluding carboxylic acids is 1. The Bertz CT molecular complexity index is 546. The SMILES string of the molecule is O=C(NCC1(F)CC1)N1CC(NS(=O)(=O)CF)C2(CC2)C1. The molecular weight excluding hydrogens is 304 g/mol. The number of hydrogen-bond acceptors (Lipinski definition) is 3. The summed E-state index contributed by atoms with van der Waals surface area (Å²) in [5, 5.41) is 2.55. The van der Waals surface area contributed by atoms with E-state index >= 15 is 0 Å². The highest BCUT2D eigenvalue weighted by atomic mass is 32.2. The van der Waals surface area contributed by atoms with Crippen LogP contribution in [0.1, 0.15) is 25.7 Å². The fraction of sp³-hybridized carbons (Fsp3) is 0.917. The number of nitrogens with zero attached hydrogens (tertiary/aromatic N) is 1. The predicted octanol–water partition coefficient (Wildman–Crippen LogP) is 0.509. The summed E-state index contributed by atoms with van der Waals surface area (Å²) in [4.78, 5) is 13.5. The van der Waals surface area contributed by atoms with E-state index in [4.69, 9.17) is 0 Å². The van der Waals surface area contributed by atoms with Crippen molar-refractivity contribution in [2.24, 2.45) is 5.41 Å². The van der Waals surface area contributed by atoms with Gasteiger partial charge in [-0.15, -0.1) is 0 Å². The lowest BCUT2D eigenvalue weighted by molar-refractivity contribution is 0.199. The van der Waals surface area contributed by atoms with Gasteiger partial charge in [0.1, 0.15) is 5.67 Å². The molecule has 2 aliphatic carbocycles. The second-order valence-electron chi connectivity index (χ2n) is 6.45. The summed E-state index contributed by atoms with van der Waals surface area (Å²) < 4.78 is 51.0. The van der Waals surface area contributed by atoms with Crippen LogP contribution in [0.5, 0.6) is 0 Å². The van der Waals surface area contributed by atoms with Gasteiger partial charge >= 0.3 is 6.03 Å². The van der Waals surface area contributed by atoms with Gasteiger partial charge in [0, 0.05) is 24.5 Å². The van der Waals surface area contributed by atoms with Crippen molar-refractivity contribution >= 4 is 16.1 Å². The molecule has 120 valence electrons. The largest absolute Gasteiger partial charge is 0.335 e. The van der Waals surface area contributed by atoms with Crippen LogP contribution in [0.2, 0.25) is 0 Å². The molecule has 2 N–H and O–H groups in total. The van der Waals surface area contributed by atoms with Gasteiger partial charge in [-0.05, 0) is 25.7 Å². The average Bonchev–Trinajstić information content (AvgIpc) is 3.31. The van der Waals surface area contributed by atoms with Crippen LogP contribution in [0.15, 0.2) is 0 Å². The van der Waals surface area contributed by atoms with Crippen LogP contribution in [0.3, 0.4) is 0 Å². The molecule has 2 saturated carbocycles. The van der Waals surface area contributed by atoms with Gasteiger partial charge in [0.15, 0.2) is 0 Å². The minimum atomic E-state index is -3.94. The molecule has 6 nitrogen and oxygen atoms in total. The summed E-state index contributed by atoms with van der Waals surface area (Å²) in [6, 6.07) is -2.30. The summed E-state index contributed by atoms with van der Waals surface area (Å²) in [6.45, 7) is 0.623. The zero-order valence-corrected chi connectivity index (χ0v) is 12.4. The van der Waals surface area contributed by atoms with E-state index in [1.165, 1.54) is 4.90 Å². The summed E-state index contributed by atoms with van der Waals surface area (Å²) in [5.41, 5.74) is -1.53. The van der Waals surface area contributed by atoms with E-state index in [0.717, 1.165) is 12.8 Å². The molecule has 21 heavy (non-hydrogen) atoms. The monoisotopic (exact) mass is 323 g/mol. The molecule has 0 aromatic rings. The number of sulfonamides is 1. The van der Waals surface area contributed by atoms with Crippen molar-refractivity contribution < 1.29 is 22.0 Å². The molecule has 1 saturated heterocycles. The Labute approximate surface area is 122 Å². The molecule has 3 aliphatic rings. The van der Waals surface area contributed by atoms with E-state index in [9.17, 15) is 22.0 Å². The van der Waals surface area contributed by atoms with Crippen molar-refractivity contribution in [2.45, 2.75) is 37.4 Å². The molecule has 1 atom stereocenters. The normalized spacial score (nSPS) is 28.7. The summed E-state index contributed by atoms with van der Waals surface area (Å²) in [5.74, 6) is 0. The maximum Gasteiger partial charge on any atom is 0.317 e. The molecule has 0 aromatic heterocycles. The molecule has 0 aromatic carbocycles. The molecule has 1 unspecified atom stereocenters. The first-order chi connectivity index (χ1) is 9.78. The number of carbonyl (C=O) groups is 1. The number of rotatable bonds is 5. The van der Waals surface area contributed by atoms with Gasteiger partial charge in [-0.25, -0.2) is 26.7 Å². The van der Waals surface area contributed by atoms with E-state index in [1.807, 2.05) is 0 Å². The Morgan fingerprint density at radius 1 is 1.29 bits per heavy atom. The van der Waals surface area contributed by atoms with Crippen LogP contribution in [0.4, 0.5) is 13.6 Å².